The van der Waals surface area contributed by atoms with Gasteiger partial charge in [-0.25, -0.2) is 0 Å². The van der Waals surface area contributed by atoms with Crippen molar-refractivity contribution in [2.45, 2.75) is 76.5 Å². The first-order valence-corrected chi connectivity index (χ1v) is 6.71. The van der Waals surface area contributed by atoms with E-state index in [1.807, 2.05) is 0 Å². The van der Waals surface area contributed by atoms with Crippen LogP contribution in [0.3, 0.4) is 0 Å². The summed E-state index contributed by atoms with van der Waals surface area (Å²) in [6, 6.07) is 0.972. The third-order valence-corrected chi connectivity index (χ3v) is 4.31. The predicted octanol–water partition coefficient (Wildman–Crippen LogP) is 2.46. The van der Waals surface area contributed by atoms with Crippen LogP contribution in [0.4, 0.5) is 0 Å². The maximum Gasteiger partial charge on any atom is 0.0693 e. The van der Waals surface area contributed by atoms with E-state index in [-0.39, 0.29) is 6.10 Å². The molecule has 0 aromatic rings. The van der Waals surface area contributed by atoms with Crippen LogP contribution >= 0.6 is 0 Å². The van der Waals surface area contributed by atoms with Crippen molar-refractivity contribution in [3.8, 4) is 0 Å². The smallest absolute Gasteiger partial charge is 0.0693 e. The molecule has 0 saturated heterocycles. The molecule has 2 N–H and O–H groups in total. The highest BCUT2D eigenvalue weighted by Gasteiger charge is 2.28. The summed E-state index contributed by atoms with van der Waals surface area (Å²) in [4.78, 5) is 0. The molecular weight excluding hydrogens is 186 g/mol. The van der Waals surface area contributed by atoms with Gasteiger partial charge in [0.2, 0.25) is 0 Å². The first kappa shape index (κ1) is 11.4. The van der Waals surface area contributed by atoms with E-state index in [1.165, 1.54) is 38.5 Å². The first-order valence-electron chi connectivity index (χ1n) is 6.71. The Hall–Kier alpha value is -0.0800. The van der Waals surface area contributed by atoms with E-state index in [0.717, 1.165) is 18.8 Å². The molecular formula is C13H25NO. The van der Waals surface area contributed by atoms with Crippen LogP contribution in [0.25, 0.3) is 0 Å². The Labute approximate surface area is 93.5 Å². The van der Waals surface area contributed by atoms with Crippen LogP contribution in [0.15, 0.2) is 0 Å². The van der Waals surface area contributed by atoms with E-state index < -0.39 is 0 Å². The summed E-state index contributed by atoms with van der Waals surface area (Å²) in [5, 5.41) is 13.6. The second-order valence-corrected chi connectivity index (χ2v) is 5.46. The minimum atomic E-state index is -0.0948. The minimum absolute atomic E-state index is 0.0948. The molecule has 2 aliphatic rings. The molecule has 0 aromatic heterocycles. The van der Waals surface area contributed by atoms with Crippen molar-refractivity contribution in [2.24, 2.45) is 5.92 Å². The molecule has 2 saturated carbocycles. The summed E-state index contributed by atoms with van der Waals surface area (Å²) in [7, 11) is 0. The fraction of sp³-hybridized carbons (Fsp3) is 1.00. The van der Waals surface area contributed by atoms with Crippen LogP contribution in [0.1, 0.15) is 58.3 Å². The van der Waals surface area contributed by atoms with Gasteiger partial charge in [0, 0.05) is 12.1 Å². The minimum Gasteiger partial charge on any atom is -0.392 e. The molecule has 3 atom stereocenters. The van der Waals surface area contributed by atoms with Gasteiger partial charge in [-0.05, 0) is 38.5 Å². The van der Waals surface area contributed by atoms with Gasteiger partial charge in [0.05, 0.1) is 6.10 Å². The van der Waals surface area contributed by atoms with Crippen molar-refractivity contribution in [1.82, 2.24) is 5.32 Å². The van der Waals surface area contributed by atoms with Gasteiger partial charge < -0.3 is 10.4 Å². The molecule has 2 rings (SSSR count). The highest BCUT2D eigenvalue weighted by Crippen LogP contribution is 2.28. The van der Waals surface area contributed by atoms with Gasteiger partial charge in [-0.2, -0.15) is 0 Å². The Bertz CT molecular complexity index is 189. The zero-order chi connectivity index (χ0) is 10.7. The molecule has 0 aromatic carbocycles. The van der Waals surface area contributed by atoms with Gasteiger partial charge in [-0.3, -0.25) is 0 Å². The van der Waals surface area contributed by atoms with E-state index in [4.69, 9.17) is 0 Å². The monoisotopic (exact) mass is 211 g/mol. The third-order valence-electron chi connectivity index (χ3n) is 4.31. The number of nitrogens with one attached hydrogen (secondary N) is 1. The molecule has 0 aliphatic heterocycles. The van der Waals surface area contributed by atoms with Crippen molar-refractivity contribution in [2.75, 3.05) is 0 Å². The molecule has 88 valence electrons. The number of aliphatic hydroxyl groups excluding tert-OH is 1. The van der Waals surface area contributed by atoms with Crippen LogP contribution in [-0.4, -0.2) is 23.3 Å². The maximum atomic E-state index is 9.90. The summed E-state index contributed by atoms with van der Waals surface area (Å²) < 4.78 is 0. The number of hydrogen-bond donors (Lipinski definition) is 2. The van der Waals surface area contributed by atoms with Gasteiger partial charge in [0.1, 0.15) is 0 Å². The summed E-state index contributed by atoms with van der Waals surface area (Å²) >= 11 is 0. The number of aliphatic hydroxyl groups is 1. The second-order valence-electron chi connectivity index (χ2n) is 5.46. The lowest BCUT2D eigenvalue weighted by Crippen LogP contribution is -2.48. The zero-order valence-electron chi connectivity index (χ0n) is 9.91. The fourth-order valence-electron chi connectivity index (χ4n) is 3.24. The highest BCUT2D eigenvalue weighted by molar-refractivity contribution is 4.86. The standard InChI is InChI=1S/C13H25NO/c1-10(11-6-2-3-7-11)14-12-8-4-5-9-13(12)15/h10-15H,2-9H2,1H3/t10-,12?,13?/m0/s1. The van der Waals surface area contributed by atoms with Crippen LogP contribution in [0.2, 0.25) is 0 Å². The van der Waals surface area contributed by atoms with E-state index in [1.54, 1.807) is 0 Å². The van der Waals surface area contributed by atoms with Crippen LogP contribution in [-0.2, 0) is 0 Å². The van der Waals surface area contributed by atoms with Gasteiger partial charge in [-0.1, -0.05) is 25.7 Å². The van der Waals surface area contributed by atoms with Gasteiger partial charge in [0.25, 0.3) is 0 Å². The van der Waals surface area contributed by atoms with Crippen molar-refractivity contribution in [3.63, 3.8) is 0 Å². The molecule has 0 radical (unpaired) electrons. The van der Waals surface area contributed by atoms with Crippen molar-refractivity contribution < 1.29 is 5.11 Å². The third kappa shape index (κ3) is 2.94. The van der Waals surface area contributed by atoms with Crippen LogP contribution in [0, 0.1) is 5.92 Å². The topological polar surface area (TPSA) is 32.3 Å². The van der Waals surface area contributed by atoms with Crippen molar-refractivity contribution in [1.29, 1.82) is 0 Å². The van der Waals surface area contributed by atoms with Crippen LogP contribution < -0.4 is 5.32 Å². The second kappa shape index (κ2) is 5.31. The molecule has 0 bridgehead atoms. The Balaban J connectivity index is 1.78. The zero-order valence-corrected chi connectivity index (χ0v) is 9.91. The molecule has 2 aliphatic carbocycles. The Kier molecular flexibility index (Phi) is 4.04. The lowest BCUT2D eigenvalue weighted by molar-refractivity contribution is 0.0814. The summed E-state index contributed by atoms with van der Waals surface area (Å²) in [6.07, 6.45) is 10.1. The average molecular weight is 211 g/mol. The van der Waals surface area contributed by atoms with Crippen molar-refractivity contribution >= 4 is 0 Å². The van der Waals surface area contributed by atoms with Crippen LogP contribution in [0.5, 0.6) is 0 Å². The van der Waals surface area contributed by atoms with Gasteiger partial charge >= 0.3 is 0 Å². The lowest BCUT2D eigenvalue weighted by Gasteiger charge is -2.33. The molecule has 2 nitrogen and oxygen atoms in total. The Morgan fingerprint density at radius 1 is 1.00 bits per heavy atom. The lowest BCUT2D eigenvalue weighted by atomic mass is 9.90. The van der Waals surface area contributed by atoms with Gasteiger partial charge in [-0.15, -0.1) is 0 Å². The SMILES string of the molecule is C[C@H](NC1CCCCC1O)C1CCCC1. The Morgan fingerprint density at radius 3 is 2.27 bits per heavy atom. The maximum absolute atomic E-state index is 9.90. The summed E-state index contributed by atoms with van der Waals surface area (Å²) in [5.74, 6) is 0.860. The van der Waals surface area contributed by atoms with E-state index in [9.17, 15) is 5.11 Å². The number of hydrogen-bond acceptors (Lipinski definition) is 2. The van der Waals surface area contributed by atoms with Gasteiger partial charge in [0.15, 0.2) is 0 Å². The molecule has 2 heteroatoms. The first-order chi connectivity index (χ1) is 7.27. The molecule has 0 amide bonds. The quantitative estimate of drug-likeness (QED) is 0.751. The molecule has 2 fully saturated rings. The molecule has 0 spiro atoms. The average Bonchev–Trinajstić information content (AvgIpc) is 2.74. The summed E-state index contributed by atoms with van der Waals surface area (Å²) in [5.41, 5.74) is 0. The largest absolute Gasteiger partial charge is 0.392 e. The predicted molar refractivity (Wildman–Crippen MR) is 62.8 cm³/mol. The van der Waals surface area contributed by atoms with E-state index >= 15 is 0 Å². The molecule has 0 heterocycles. The normalized spacial score (nSPS) is 35.6. The summed E-state index contributed by atoms with van der Waals surface area (Å²) in [6.45, 7) is 2.30. The molecule has 15 heavy (non-hydrogen) atoms. The highest BCUT2D eigenvalue weighted by atomic mass is 16.3. The van der Waals surface area contributed by atoms with Crippen molar-refractivity contribution in [3.05, 3.63) is 0 Å². The number of rotatable bonds is 3. The van der Waals surface area contributed by atoms with E-state index in [2.05, 4.69) is 12.2 Å². The van der Waals surface area contributed by atoms with E-state index in [0.29, 0.717) is 12.1 Å². The molecule has 2 unspecified atom stereocenters. The fourth-order valence-corrected chi connectivity index (χ4v) is 3.24. The Morgan fingerprint density at radius 2 is 1.60 bits per heavy atom.